The van der Waals surface area contributed by atoms with Crippen molar-refractivity contribution in [2.75, 3.05) is 7.11 Å². The Hall–Kier alpha value is -2.84. The van der Waals surface area contributed by atoms with E-state index in [9.17, 15) is 9.90 Å². The van der Waals surface area contributed by atoms with E-state index in [1.807, 2.05) is 24.3 Å². The molecule has 0 atom stereocenters. The molecule has 3 aromatic rings. The van der Waals surface area contributed by atoms with Gasteiger partial charge in [0, 0.05) is 5.39 Å². The molecule has 2 heterocycles. The summed E-state index contributed by atoms with van der Waals surface area (Å²) in [5.74, 6) is 0.780. The lowest BCUT2D eigenvalue weighted by molar-refractivity contribution is -0.115. The highest BCUT2D eigenvalue weighted by Crippen LogP contribution is 2.33. The van der Waals surface area contributed by atoms with E-state index in [2.05, 4.69) is 14.7 Å². The molecule has 26 heavy (non-hydrogen) atoms. The fraction of sp³-hybridized carbons (Fsp3) is 0.0556. The second-order valence-corrected chi connectivity index (χ2v) is 7.25. The highest BCUT2D eigenvalue weighted by atomic mass is 32.2. The van der Waals surface area contributed by atoms with Crippen molar-refractivity contribution < 1.29 is 14.6 Å². The second-order valence-electron chi connectivity index (χ2n) is 5.42. The van der Waals surface area contributed by atoms with Gasteiger partial charge in [0.15, 0.2) is 22.5 Å². The predicted octanol–water partition coefficient (Wildman–Crippen LogP) is 3.90. The van der Waals surface area contributed by atoms with Crippen molar-refractivity contribution in [3.63, 3.8) is 0 Å². The molecule has 2 aromatic carbocycles. The number of benzene rings is 2. The predicted molar refractivity (Wildman–Crippen MR) is 105 cm³/mol. The number of rotatable bonds is 3. The highest BCUT2D eigenvalue weighted by molar-refractivity contribution is 8.18. The fourth-order valence-corrected chi connectivity index (χ4v) is 4.01. The maximum Gasteiger partial charge on any atom is 0.264 e. The minimum absolute atomic E-state index is 0.0517. The average molecular weight is 383 g/mol. The van der Waals surface area contributed by atoms with Gasteiger partial charge < -0.3 is 15.2 Å². The van der Waals surface area contributed by atoms with Crippen LogP contribution in [0.15, 0.2) is 52.4 Å². The number of aromatic hydroxyl groups is 1. The maximum absolute atomic E-state index is 12.2. The van der Waals surface area contributed by atoms with Crippen molar-refractivity contribution in [1.29, 1.82) is 0 Å². The average Bonchev–Trinajstić information content (AvgIpc) is 3.21. The molecule has 0 bridgehead atoms. The third kappa shape index (κ3) is 3.16. The normalized spacial score (nSPS) is 17.2. The van der Waals surface area contributed by atoms with Gasteiger partial charge in [-0.1, -0.05) is 18.2 Å². The molecule has 0 saturated carbocycles. The number of phenolic OH excluding ortho intramolecular Hbond substituents is 1. The SMILES string of the molecule is COc1cc(/C=C2\SC(=Nc3nsc4ccccc34)NC2=O)ccc1O. The monoisotopic (exact) mass is 383 g/mol. The maximum atomic E-state index is 12.2. The first-order valence-corrected chi connectivity index (χ1v) is 9.24. The van der Waals surface area contributed by atoms with Gasteiger partial charge in [0.25, 0.3) is 5.91 Å². The number of fused-ring (bicyclic) bond motifs is 1. The van der Waals surface area contributed by atoms with E-state index in [0.29, 0.717) is 21.6 Å². The molecule has 130 valence electrons. The standard InChI is InChI=1S/C18H13N3O3S2/c1-24-13-8-10(6-7-12(13)22)9-15-17(23)20-18(25-15)19-16-11-4-2-3-5-14(11)26-21-16/h2-9,22H,1H3,(H,19,20,21,23)/b15-9-. The molecule has 0 unspecified atom stereocenters. The number of nitrogens with zero attached hydrogens (tertiary/aromatic N) is 2. The Bertz CT molecular complexity index is 1070. The Labute approximate surface area is 157 Å². The van der Waals surface area contributed by atoms with Crippen molar-refractivity contribution in [2.24, 2.45) is 4.99 Å². The number of aliphatic imine (C=N–C) groups is 1. The Morgan fingerprint density at radius 3 is 2.96 bits per heavy atom. The van der Waals surface area contributed by atoms with Gasteiger partial charge in [-0.3, -0.25) is 4.79 Å². The summed E-state index contributed by atoms with van der Waals surface area (Å²) in [5, 5.41) is 13.9. The van der Waals surface area contributed by atoms with Crippen LogP contribution in [0, 0.1) is 0 Å². The molecule has 2 N–H and O–H groups in total. The number of carbonyl (C=O) groups is 1. The number of methoxy groups -OCH3 is 1. The van der Waals surface area contributed by atoms with Crippen LogP contribution in [0.4, 0.5) is 5.82 Å². The molecule has 1 aromatic heterocycles. The second kappa shape index (κ2) is 6.81. The van der Waals surface area contributed by atoms with Crippen molar-refractivity contribution in [3.8, 4) is 11.5 Å². The van der Waals surface area contributed by atoms with E-state index in [1.165, 1.54) is 36.5 Å². The van der Waals surface area contributed by atoms with Crippen LogP contribution in [0.5, 0.6) is 11.5 Å². The van der Waals surface area contributed by atoms with Gasteiger partial charge in [-0.2, -0.15) is 4.37 Å². The van der Waals surface area contributed by atoms with Gasteiger partial charge in [0.05, 0.1) is 16.7 Å². The Balaban J connectivity index is 1.62. The number of amides is 1. The molecule has 1 aliphatic heterocycles. The topological polar surface area (TPSA) is 83.8 Å². The largest absolute Gasteiger partial charge is 0.504 e. The summed E-state index contributed by atoms with van der Waals surface area (Å²) in [5.41, 5.74) is 0.748. The smallest absolute Gasteiger partial charge is 0.264 e. The molecule has 1 saturated heterocycles. The molecule has 6 nitrogen and oxygen atoms in total. The molecule has 1 aliphatic rings. The van der Waals surface area contributed by atoms with Crippen LogP contribution in [-0.2, 0) is 4.79 Å². The summed E-state index contributed by atoms with van der Waals surface area (Å²) in [4.78, 5) is 17.2. The van der Waals surface area contributed by atoms with Crippen LogP contribution in [0.2, 0.25) is 0 Å². The van der Waals surface area contributed by atoms with Crippen LogP contribution in [-0.4, -0.2) is 27.7 Å². The van der Waals surface area contributed by atoms with Crippen LogP contribution < -0.4 is 10.1 Å². The summed E-state index contributed by atoms with van der Waals surface area (Å²) in [7, 11) is 1.48. The first-order chi connectivity index (χ1) is 12.6. The zero-order valence-electron chi connectivity index (χ0n) is 13.6. The first kappa shape index (κ1) is 16.6. The molecule has 8 heteroatoms. The van der Waals surface area contributed by atoms with E-state index in [-0.39, 0.29) is 11.7 Å². The minimum Gasteiger partial charge on any atom is -0.504 e. The molecular formula is C18H13N3O3S2. The summed E-state index contributed by atoms with van der Waals surface area (Å²) in [6.07, 6.45) is 1.73. The van der Waals surface area contributed by atoms with E-state index >= 15 is 0 Å². The highest BCUT2D eigenvalue weighted by Gasteiger charge is 2.24. The summed E-state index contributed by atoms with van der Waals surface area (Å²) >= 11 is 2.63. The molecular weight excluding hydrogens is 370 g/mol. The molecule has 0 spiro atoms. The number of thioether (sulfide) groups is 1. The summed E-state index contributed by atoms with van der Waals surface area (Å²) in [6.45, 7) is 0. The quantitative estimate of drug-likeness (QED) is 0.670. The van der Waals surface area contributed by atoms with Crippen molar-refractivity contribution in [3.05, 3.63) is 52.9 Å². The van der Waals surface area contributed by atoms with E-state index < -0.39 is 0 Å². The molecule has 4 rings (SSSR count). The van der Waals surface area contributed by atoms with Gasteiger partial charge in [0.1, 0.15) is 0 Å². The van der Waals surface area contributed by atoms with Crippen LogP contribution in [0.3, 0.4) is 0 Å². The summed E-state index contributed by atoms with van der Waals surface area (Å²) in [6, 6.07) is 12.7. The number of ether oxygens (including phenoxy) is 1. The van der Waals surface area contributed by atoms with E-state index in [4.69, 9.17) is 4.74 Å². The van der Waals surface area contributed by atoms with Crippen molar-refractivity contribution in [1.82, 2.24) is 9.69 Å². The van der Waals surface area contributed by atoms with E-state index in [1.54, 1.807) is 18.2 Å². The van der Waals surface area contributed by atoms with Crippen molar-refractivity contribution >= 4 is 56.3 Å². The minimum atomic E-state index is -0.222. The third-order valence-electron chi connectivity index (χ3n) is 3.72. The fourth-order valence-electron chi connectivity index (χ4n) is 2.47. The Morgan fingerprint density at radius 2 is 2.12 bits per heavy atom. The Kier molecular flexibility index (Phi) is 4.36. The number of carbonyl (C=O) groups excluding carboxylic acids is 1. The third-order valence-corrected chi connectivity index (χ3v) is 5.45. The number of nitrogens with one attached hydrogen (secondary N) is 1. The Morgan fingerprint density at radius 1 is 1.27 bits per heavy atom. The summed E-state index contributed by atoms with van der Waals surface area (Å²) < 4.78 is 10.5. The van der Waals surface area contributed by atoms with Gasteiger partial charge >= 0.3 is 0 Å². The van der Waals surface area contributed by atoms with Gasteiger partial charge in [-0.25, -0.2) is 4.99 Å². The number of amidine groups is 1. The number of hydrogen-bond acceptors (Lipinski definition) is 7. The van der Waals surface area contributed by atoms with Gasteiger partial charge in [-0.15, -0.1) is 0 Å². The zero-order valence-corrected chi connectivity index (χ0v) is 15.2. The molecule has 1 amide bonds. The lowest BCUT2D eigenvalue weighted by Gasteiger charge is -2.03. The molecule has 1 fully saturated rings. The van der Waals surface area contributed by atoms with Crippen LogP contribution >= 0.6 is 23.3 Å². The first-order valence-electron chi connectivity index (χ1n) is 7.65. The lowest BCUT2D eigenvalue weighted by atomic mass is 10.2. The zero-order chi connectivity index (χ0) is 18.1. The van der Waals surface area contributed by atoms with Gasteiger partial charge in [0.2, 0.25) is 0 Å². The molecule has 0 aliphatic carbocycles. The number of phenols is 1. The van der Waals surface area contributed by atoms with Gasteiger partial charge in [-0.05, 0) is 59.2 Å². The van der Waals surface area contributed by atoms with Crippen LogP contribution in [0.25, 0.3) is 16.2 Å². The lowest BCUT2D eigenvalue weighted by Crippen LogP contribution is -2.19. The van der Waals surface area contributed by atoms with E-state index in [0.717, 1.165) is 15.6 Å². The number of aromatic nitrogens is 1. The van der Waals surface area contributed by atoms with Crippen LogP contribution in [0.1, 0.15) is 5.56 Å². The molecule has 0 radical (unpaired) electrons. The van der Waals surface area contributed by atoms with Crippen molar-refractivity contribution in [2.45, 2.75) is 0 Å². The number of hydrogen-bond donors (Lipinski definition) is 2.